The minimum absolute atomic E-state index is 0.0764. The van der Waals surface area contributed by atoms with Crippen molar-refractivity contribution in [2.45, 2.75) is 24.3 Å². The molecule has 7 heteroatoms. The monoisotopic (exact) mass is 299 g/mol. The lowest BCUT2D eigenvalue weighted by Gasteiger charge is -2.29. The van der Waals surface area contributed by atoms with E-state index in [0.29, 0.717) is 11.8 Å². The number of ether oxygens (including phenoxy) is 1. The van der Waals surface area contributed by atoms with Crippen LogP contribution in [-0.4, -0.2) is 51.0 Å². The van der Waals surface area contributed by atoms with Crippen LogP contribution in [0, 0.1) is 5.92 Å². The Morgan fingerprint density at radius 1 is 1.40 bits per heavy atom. The van der Waals surface area contributed by atoms with Gasteiger partial charge in [0.25, 0.3) is 0 Å². The summed E-state index contributed by atoms with van der Waals surface area (Å²) in [5, 5.41) is 3.28. The third-order valence-electron chi connectivity index (χ3n) is 3.52. The molecule has 2 atom stereocenters. The van der Waals surface area contributed by atoms with E-state index in [1.165, 1.54) is 26.4 Å². The predicted octanol–water partition coefficient (Wildman–Crippen LogP) is 0.709. The van der Waals surface area contributed by atoms with Crippen molar-refractivity contribution in [1.29, 1.82) is 0 Å². The van der Waals surface area contributed by atoms with Crippen molar-refractivity contribution in [3.63, 3.8) is 0 Å². The average molecular weight is 299 g/mol. The van der Waals surface area contributed by atoms with Crippen molar-refractivity contribution >= 4 is 10.0 Å². The third-order valence-corrected chi connectivity index (χ3v) is 5.32. The molecule has 0 aromatic carbocycles. The van der Waals surface area contributed by atoms with Crippen LogP contribution in [0.2, 0.25) is 0 Å². The lowest BCUT2D eigenvalue weighted by atomic mass is 9.97. The minimum atomic E-state index is -3.43. The molecule has 6 nitrogen and oxygen atoms in total. The molecule has 0 amide bonds. The van der Waals surface area contributed by atoms with E-state index in [-0.39, 0.29) is 11.0 Å². The molecule has 0 bridgehead atoms. The Hall–Kier alpha value is -1.18. The second kappa shape index (κ2) is 6.07. The molecule has 0 spiro atoms. The Balaban J connectivity index is 2.09. The zero-order valence-electron chi connectivity index (χ0n) is 12.0. The normalized spacial score (nSPS) is 23.8. The summed E-state index contributed by atoms with van der Waals surface area (Å²) in [7, 11) is -0.444. The van der Waals surface area contributed by atoms with Gasteiger partial charge in [0.2, 0.25) is 15.9 Å². The molecule has 1 aromatic heterocycles. The number of aromatic nitrogens is 1. The lowest BCUT2D eigenvalue weighted by molar-refractivity contribution is 0.109. The van der Waals surface area contributed by atoms with E-state index in [0.717, 1.165) is 23.8 Å². The molecule has 1 aromatic rings. The first-order chi connectivity index (χ1) is 9.41. The van der Waals surface area contributed by atoms with Crippen molar-refractivity contribution in [3.05, 3.63) is 18.3 Å². The molecule has 112 valence electrons. The molecule has 1 N–H and O–H groups in total. The molecule has 0 aliphatic carbocycles. The van der Waals surface area contributed by atoms with Gasteiger partial charge in [-0.2, -0.15) is 0 Å². The fourth-order valence-corrected chi connectivity index (χ4v) is 2.92. The van der Waals surface area contributed by atoms with Crippen LogP contribution in [0.4, 0.5) is 0 Å². The van der Waals surface area contributed by atoms with Crippen molar-refractivity contribution in [3.8, 4) is 5.88 Å². The molecule has 2 rings (SSSR count). The molecule has 1 saturated heterocycles. The first-order valence-electron chi connectivity index (χ1n) is 6.67. The van der Waals surface area contributed by atoms with Crippen LogP contribution in [0.15, 0.2) is 23.2 Å². The zero-order chi connectivity index (χ0) is 14.8. The minimum Gasteiger partial charge on any atom is -0.473 e. The van der Waals surface area contributed by atoms with E-state index in [2.05, 4.69) is 17.2 Å². The average Bonchev–Trinajstić information content (AvgIpc) is 2.42. The number of hydrogen-bond donors (Lipinski definition) is 1. The Labute approximate surface area is 120 Å². The van der Waals surface area contributed by atoms with Gasteiger partial charge in [-0.05, 0) is 24.9 Å². The van der Waals surface area contributed by atoms with Crippen molar-refractivity contribution in [2.24, 2.45) is 5.92 Å². The number of nitrogens with zero attached hydrogens (tertiary/aromatic N) is 2. The van der Waals surface area contributed by atoms with Gasteiger partial charge in [0, 0.05) is 26.7 Å². The molecular weight excluding hydrogens is 278 g/mol. The van der Waals surface area contributed by atoms with E-state index < -0.39 is 10.0 Å². The number of piperidine rings is 1. The van der Waals surface area contributed by atoms with Crippen LogP contribution in [0.25, 0.3) is 0 Å². The highest BCUT2D eigenvalue weighted by atomic mass is 32.2. The lowest BCUT2D eigenvalue weighted by Crippen LogP contribution is -2.42. The van der Waals surface area contributed by atoms with Crippen LogP contribution in [0.1, 0.15) is 13.3 Å². The van der Waals surface area contributed by atoms with Crippen LogP contribution < -0.4 is 10.1 Å². The molecule has 2 unspecified atom stereocenters. The molecule has 0 saturated carbocycles. The highest BCUT2D eigenvalue weighted by Gasteiger charge is 2.23. The smallest absolute Gasteiger partial charge is 0.244 e. The highest BCUT2D eigenvalue weighted by Crippen LogP contribution is 2.20. The van der Waals surface area contributed by atoms with Gasteiger partial charge in [-0.3, -0.25) is 0 Å². The molecule has 2 heterocycles. The van der Waals surface area contributed by atoms with Gasteiger partial charge < -0.3 is 10.1 Å². The highest BCUT2D eigenvalue weighted by molar-refractivity contribution is 7.89. The topological polar surface area (TPSA) is 71.5 Å². The SMILES string of the molecule is CC1CCNCC1Oc1ccc(S(=O)(=O)N(C)C)cn1. The molecule has 20 heavy (non-hydrogen) atoms. The van der Waals surface area contributed by atoms with Gasteiger partial charge in [-0.15, -0.1) is 0 Å². The van der Waals surface area contributed by atoms with Crippen molar-refractivity contribution < 1.29 is 13.2 Å². The summed E-state index contributed by atoms with van der Waals surface area (Å²) in [6, 6.07) is 3.14. The van der Waals surface area contributed by atoms with Gasteiger partial charge in [0.15, 0.2) is 0 Å². The van der Waals surface area contributed by atoms with Gasteiger partial charge in [-0.1, -0.05) is 6.92 Å². The number of pyridine rings is 1. The molecule has 1 fully saturated rings. The first-order valence-corrected chi connectivity index (χ1v) is 8.11. The standard InChI is InChI=1S/C13H21N3O3S/c1-10-6-7-14-9-12(10)19-13-5-4-11(8-15-13)20(17,18)16(2)3/h4-5,8,10,12,14H,6-7,9H2,1-3H3. The summed E-state index contributed by atoms with van der Waals surface area (Å²) in [4.78, 5) is 4.27. The van der Waals surface area contributed by atoms with Crippen LogP contribution >= 0.6 is 0 Å². The Bertz CT molecular complexity index is 542. The van der Waals surface area contributed by atoms with E-state index in [4.69, 9.17) is 4.74 Å². The van der Waals surface area contributed by atoms with Gasteiger partial charge >= 0.3 is 0 Å². The van der Waals surface area contributed by atoms with Crippen molar-refractivity contribution in [1.82, 2.24) is 14.6 Å². The van der Waals surface area contributed by atoms with Crippen molar-refractivity contribution in [2.75, 3.05) is 27.2 Å². The number of rotatable bonds is 4. The second-order valence-electron chi connectivity index (χ2n) is 5.25. The van der Waals surface area contributed by atoms with Crippen LogP contribution in [-0.2, 0) is 10.0 Å². The summed E-state index contributed by atoms with van der Waals surface area (Å²) in [6.45, 7) is 3.95. The maximum absolute atomic E-state index is 11.9. The zero-order valence-corrected chi connectivity index (χ0v) is 12.9. The maximum Gasteiger partial charge on any atom is 0.244 e. The maximum atomic E-state index is 11.9. The van der Waals surface area contributed by atoms with Gasteiger partial charge in [-0.25, -0.2) is 17.7 Å². The molecule has 0 radical (unpaired) electrons. The van der Waals surface area contributed by atoms with E-state index in [1.54, 1.807) is 6.07 Å². The largest absolute Gasteiger partial charge is 0.473 e. The summed E-state index contributed by atoms with van der Waals surface area (Å²) >= 11 is 0. The Morgan fingerprint density at radius 2 is 2.15 bits per heavy atom. The number of hydrogen-bond acceptors (Lipinski definition) is 5. The summed E-state index contributed by atoms with van der Waals surface area (Å²) in [5.41, 5.74) is 0. The summed E-state index contributed by atoms with van der Waals surface area (Å²) in [5.74, 6) is 0.923. The van der Waals surface area contributed by atoms with E-state index in [9.17, 15) is 8.42 Å². The van der Waals surface area contributed by atoms with Gasteiger partial charge in [0.1, 0.15) is 11.0 Å². The number of sulfonamides is 1. The summed E-state index contributed by atoms with van der Waals surface area (Å²) < 4.78 is 30.8. The second-order valence-corrected chi connectivity index (χ2v) is 7.40. The Morgan fingerprint density at radius 3 is 2.70 bits per heavy atom. The first kappa shape index (κ1) is 15.2. The van der Waals surface area contributed by atoms with Gasteiger partial charge in [0.05, 0.1) is 6.20 Å². The fourth-order valence-electron chi connectivity index (χ4n) is 2.07. The third kappa shape index (κ3) is 3.28. The summed E-state index contributed by atoms with van der Waals surface area (Å²) in [6.07, 6.45) is 2.48. The Kier molecular flexibility index (Phi) is 4.62. The molecule has 1 aliphatic heterocycles. The fraction of sp³-hybridized carbons (Fsp3) is 0.615. The van der Waals surface area contributed by atoms with Crippen LogP contribution in [0.3, 0.4) is 0 Å². The quantitative estimate of drug-likeness (QED) is 0.886. The molecule has 1 aliphatic rings. The van der Waals surface area contributed by atoms with E-state index in [1.807, 2.05) is 0 Å². The van der Waals surface area contributed by atoms with E-state index >= 15 is 0 Å². The van der Waals surface area contributed by atoms with Crippen LogP contribution in [0.5, 0.6) is 5.88 Å². The predicted molar refractivity (Wildman–Crippen MR) is 76.2 cm³/mol. The molecular formula is C13H21N3O3S. The number of nitrogens with one attached hydrogen (secondary N) is 1.